The van der Waals surface area contributed by atoms with Crippen molar-refractivity contribution >= 4 is 38.9 Å². The molecule has 5 heteroatoms. The van der Waals surface area contributed by atoms with Crippen molar-refractivity contribution in [1.82, 2.24) is 14.5 Å². The number of aromatic nitrogens is 3. The van der Waals surface area contributed by atoms with Crippen molar-refractivity contribution in [2.75, 3.05) is 4.90 Å². The Kier molecular flexibility index (Phi) is 9.85. The van der Waals surface area contributed by atoms with Crippen LogP contribution in [0.2, 0.25) is 0 Å². The highest BCUT2D eigenvalue weighted by molar-refractivity contribution is 6.10. The van der Waals surface area contributed by atoms with Crippen molar-refractivity contribution in [1.29, 1.82) is 5.26 Å². The van der Waals surface area contributed by atoms with Gasteiger partial charge in [0, 0.05) is 50.2 Å². The largest absolute Gasteiger partial charge is 0.310 e. The molecule has 9 aromatic carbocycles. The fourth-order valence-electron chi connectivity index (χ4n) is 8.74. The number of fused-ring (bicyclic) bond motifs is 3. The maximum atomic E-state index is 10.5. The molecule has 0 aliphatic rings. The summed E-state index contributed by atoms with van der Waals surface area (Å²) in [6.07, 6.45) is 0. The van der Waals surface area contributed by atoms with E-state index in [2.05, 4.69) is 191 Å². The maximum Gasteiger partial charge on any atom is 0.160 e. The highest BCUT2D eigenvalue weighted by Crippen LogP contribution is 2.40. The topological polar surface area (TPSA) is 57.7 Å². The summed E-state index contributed by atoms with van der Waals surface area (Å²) in [5.41, 5.74) is 15.8. The van der Waals surface area contributed by atoms with E-state index in [-0.39, 0.29) is 0 Å². The molecule has 0 amide bonds. The van der Waals surface area contributed by atoms with Crippen LogP contribution in [0.3, 0.4) is 0 Å². The summed E-state index contributed by atoms with van der Waals surface area (Å²) in [6, 6.07) is 84.3. The Labute approximate surface area is 372 Å². The van der Waals surface area contributed by atoms with Crippen LogP contribution in [0, 0.1) is 11.3 Å². The molecule has 0 saturated heterocycles. The van der Waals surface area contributed by atoms with Crippen LogP contribution in [0.15, 0.2) is 237 Å². The molecule has 0 unspecified atom stereocenters. The molecule has 0 atom stereocenters. The summed E-state index contributed by atoms with van der Waals surface area (Å²) in [7, 11) is 0. The predicted octanol–water partition coefficient (Wildman–Crippen LogP) is 15.3. The Balaban J connectivity index is 0.901. The Hall–Kier alpha value is -8.85. The monoisotopic (exact) mass is 817 g/mol. The minimum Gasteiger partial charge on any atom is -0.310 e. The standard InChI is InChI=1S/C59H39N5/c60-40-47-37-46(41-25-27-44(28-26-41)56-39-55(43-15-5-1-6-16-43)61-59(62-56)45-17-7-2-8-18-45)31-35-52(47)42-29-32-50(33-30-42)64-57-24-14-13-23-53(57)54-38-51(34-36-58(54)64)63(48-19-9-3-10-20-48)49-21-11-4-12-22-49/h1-39H. The molecule has 0 aliphatic heterocycles. The third-order valence-corrected chi connectivity index (χ3v) is 11.9. The number of benzene rings is 9. The molecule has 0 saturated carbocycles. The number of hydrogen-bond acceptors (Lipinski definition) is 4. The number of nitrogens with zero attached hydrogens (tertiary/aromatic N) is 5. The molecular weight excluding hydrogens is 779 g/mol. The fourth-order valence-corrected chi connectivity index (χ4v) is 8.74. The van der Waals surface area contributed by atoms with Gasteiger partial charge in [-0.3, -0.25) is 0 Å². The quantitative estimate of drug-likeness (QED) is 0.146. The van der Waals surface area contributed by atoms with E-state index < -0.39 is 0 Å². The number of anilines is 3. The molecule has 2 aromatic heterocycles. The third-order valence-electron chi connectivity index (χ3n) is 11.9. The van der Waals surface area contributed by atoms with Gasteiger partial charge in [0.1, 0.15) is 0 Å². The van der Waals surface area contributed by atoms with Gasteiger partial charge in [0.25, 0.3) is 0 Å². The van der Waals surface area contributed by atoms with E-state index in [0.717, 1.165) is 84.1 Å². The molecule has 11 rings (SSSR count). The molecule has 11 aromatic rings. The van der Waals surface area contributed by atoms with E-state index in [1.165, 1.54) is 10.8 Å². The number of rotatable bonds is 9. The summed E-state index contributed by atoms with van der Waals surface area (Å²) in [4.78, 5) is 12.2. The molecule has 300 valence electrons. The zero-order valence-electron chi connectivity index (χ0n) is 34.8. The van der Waals surface area contributed by atoms with E-state index in [1.54, 1.807) is 0 Å². The van der Waals surface area contributed by atoms with Crippen LogP contribution in [0.1, 0.15) is 5.56 Å². The van der Waals surface area contributed by atoms with Crippen molar-refractivity contribution in [3.8, 4) is 67.9 Å². The highest BCUT2D eigenvalue weighted by Gasteiger charge is 2.18. The molecule has 2 heterocycles. The lowest BCUT2D eigenvalue weighted by Gasteiger charge is -2.25. The van der Waals surface area contributed by atoms with Crippen molar-refractivity contribution in [2.24, 2.45) is 0 Å². The van der Waals surface area contributed by atoms with Crippen LogP contribution < -0.4 is 4.90 Å². The van der Waals surface area contributed by atoms with Gasteiger partial charge in [-0.15, -0.1) is 0 Å². The normalized spacial score (nSPS) is 11.1. The predicted molar refractivity (Wildman–Crippen MR) is 263 cm³/mol. The molecule has 0 bridgehead atoms. The molecule has 0 radical (unpaired) electrons. The minimum atomic E-state index is 0.621. The Morgan fingerprint density at radius 1 is 0.375 bits per heavy atom. The van der Waals surface area contributed by atoms with Crippen molar-refractivity contribution in [2.45, 2.75) is 0 Å². The van der Waals surface area contributed by atoms with Gasteiger partial charge in [-0.25, -0.2) is 9.97 Å². The smallest absolute Gasteiger partial charge is 0.160 e. The van der Waals surface area contributed by atoms with Crippen LogP contribution in [0.25, 0.3) is 83.6 Å². The third kappa shape index (κ3) is 7.15. The van der Waals surface area contributed by atoms with Crippen molar-refractivity contribution < 1.29 is 0 Å². The van der Waals surface area contributed by atoms with Gasteiger partial charge >= 0.3 is 0 Å². The van der Waals surface area contributed by atoms with Crippen LogP contribution in [0.4, 0.5) is 17.1 Å². The lowest BCUT2D eigenvalue weighted by Crippen LogP contribution is -2.09. The van der Waals surface area contributed by atoms with Gasteiger partial charge in [0.2, 0.25) is 0 Å². The molecule has 0 N–H and O–H groups in total. The average Bonchev–Trinajstić information content (AvgIpc) is 3.71. The zero-order chi connectivity index (χ0) is 42.8. The van der Waals surface area contributed by atoms with Gasteiger partial charge < -0.3 is 9.47 Å². The van der Waals surface area contributed by atoms with Gasteiger partial charge in [-0.05, 0) is 95.1 Å². The first-order valence-corrected chi connectivity index (χ1v) is 21.4. The number of hydrogen-bond donors (Lipinski definition) is 0. The molecule has 64 heavy (non-hydrogen) atoms. The molecule has 0 fully saturated rings. The SMILES string of the molecule is N#Cc1cc(-c2ccc(-c3cc(-c4ccccc4)nc(-c4ccccc4)n3)cc2)ccc1-c1ccc(-n2c3ccccc3c3cc(N(c4ccccc4)c4ccccc4)ccc32)cc1. The zero-order valence-corrected chi connectivity index (χ0v) is 34.8. The van der Waals surface area contributed by atoms with E-state index >= 15 is 0 Å². The summed E-state index contributed by atoms with van der Waals surface area (Å²) < 4.78 is 2.33. The molecule has 5 nitrogen and oxygen atoms in total. The van der Waals surface area contributed by atoms with E-state index in [0.29, 0.717) is 11.4 Å². The molecular formula is C59H39N5. The van der Waals surface area contributed by atoms with Gasteiger partial charge in [-0.1, -0.05) is 164 Å². The van der Waals surface area contributed by atoms with E-state index in [1.807, 2.05) is 60.7 Å². The lowest BCUT2D eigenvalue weighted by atomic mass is 9.94. The van der Waals surface area contributed by atoms with Crippen LogP contribution in [0.5, 0.6) is 0 Å². The highest BCUT2D eigenvalue weighted by atomic mass is 15.1. The van der Waals surface area contributed by atoms with Crippen molar-refractivity contribution in [3.05, 3.63) is 242 Å². The Morgan fingerprint density at radius 3 is 1.53 bits per heavy atom. The number of nitriles is 1. The summed E-state index contributed by atoms with van der Waals surface area (Å²) in [6.45, 7) is 0. The second-order valence-corrected chi connectivity index (χ2v) is 15.8. The van der Waals surface area contributed by atoms with Gasteiger partial charge in [0.15, 0.2) is 5.82 Å². The second-order valence-electron chi connectivity index (χ2n) is 15.8. The first-order chi connectivity index (χ1) is 31.7. The Morgan fingerprint density at radius 2 is 0.891 bits per heavy atom. The summed E-state index contributed by atoms with van der Waals surface area (Å²) >= 11 is 0. The summed E-state index contributed by atoms with van der Waals surface area (Å²) in [5.74, 6) is 0.682. The van der Waals surface area contributed by atoms with Crippen LogP contribution in [-0.2, 0) is 0 Å². The maximum absolute atomic E-state index is 10.5. The second kappa shape index (κ2) is 16.5. The van der Waals surface area contributed by atoms with Crippen LogP contribution in [-0.4, -0.2) is 14.5 Å². The fraction of sp³-hybridized carbons (Fsp3) is 0. The summed E-state index contributed by atoms with van der Waals surface area (Å²) in [5, 5.41) is 12.8. The Bertz CT molecular complexity index is 3370. The first-order valence-electron chi connectivity index (χ1n) is 21.4. The lowest BCUT2D eigenvalue weighted by molar-refractivity contribution is 1.18. The van der Waals surface area contributed by atoms with Crippen molar-refractivity contribution in [3.63, 3.8) is 0 Å². The first kappa shape index (κ1) is 38.1. The van der Waals surface area contributed by atoms with Crippen LogP contribution >= 0.6 is 0 Å². The average molecular weight is 818 g/mol. The molecule has 0 spiro atoms. The number of para-hydroxylation sites is 3. The van der Waals surface area contributed by atoms with Gasteiger partial charge in [0.05, 0.1) is 34.1 Å². The molecule has 0 aliphatic carbocycles. The van der Waals surface area contributed by atoms with Gasteiger partial charge in [-0.2, -0.15) is 5.26 Å². The van der Waals surface area contributed by atoms with E-state index in [4.69, 9.17) is 9.97 Å². The minimum absolute atomic E-state index is 0.621. The van der Waals surface area contributed by atoms with E-state index in [9.17, 15) is 5.26 Å².